The highest BCUT2D eigenvalue weighted by Crippen LogP contribution is 2.13. The second-order valence-corrected chi connectivity index (χ2v) is 3.95. The number of rotatable bonds is 3. The summed E-state index contributed by atoms with van der Waals surface area (Å²) in [6.07, 6.45) is 1.88. The van der Waals surface area contributed by atoms with E-state index >= 15 is 0 Å². The molecule has 0 amide bonds. The van der Waals surface area contributed by atoms with Gasteiger partial charge in [0.1, 0.15) is 0 Å². The number of para-hydroxylation sites is 2. The van der Waals surface area contributed by atoms with Crippen molar-refractivity contribution in [1.29, 1.82) is 0 Å². The van der Waals surface area contributed by atoms with E-state index in [2.05, 4.69) is 22.5 Å². The van der Waals surface area contributed by atoms with Gasteiger partial charge in [-0.05, 0) is 18.1 Å². The van der Waals surface area contributed by atoms with Crippen LogP contribution < -0.4 is 0 Å². The number of alkyl halides is 1. The second kappa shape index (κ2) is 4.01. The Morgan fingerprint density at radius 2 is 2.21 bits per heavy atom. The van der Waals surface area contributed by atoms with Crippen LogP contribution in [-0.4, -0.2) is 15.4 Å². The Kier molecular flexibility index (Phi) is 2.73. The van der Waals surface area contributed by atoms with Gasteiger partial charge in [-0.15, -0.1) is 11.6 Å². The summed E-state index contributed by atoms with van der Waals surface area (Å²) in [5.74, 6) is 1.17. The fraction of sp³-hybridized carbons (Fsp3) is 0.364. The average molecular weight is 209 g/mol. The van der Waals surface area contributed by atoms with Crippen LogP contribution in [0.2, 0.25) is 0 Å². The molecule has 0 spiro atoms. The first kappa shape index (κ1) is 9.53. The summed E-state index contributed by atoms with van der Waals surface area (Å²) in [5, 5.41) is 0. The highest BCUT2D eigenvalue weighted by atomic mass is 35.5. The molecule has 0 fully saturated rings. The Hall–Kier alpha value is -1.02. The van der Waals surface area contributed by atoms with Crippen molar-refractivity contribution in [3.05, 3.63) is 30.6 Å². The summed E-state index contributed by atoms with van der Waals surface area (Å²) in [6, 6.07) is 8.15. The van der Waals surface area contributed by atoms with Crippen molar-refractivity contribution in [2.45, 2.75) is 13.5 Å². The fourth-order valence-corrected chi connectivity index (χ4v) is 1.64. The van der Waals surface area contributed by atoms with Crippen LogP contribution in [0.1, 0.15) is 6.92 Å². The first-order valence-electron chi connectivity index (χ1n) is 4.77. The molecule has 2 rings (SSSR count). The smallest absolute Gasteiger partial charge is 0.0958 e. The number of fused-ring (bicyclic) bond motifs is 1. The molecule has 1 aromatic heterocycles. The van der Waals surface area contributed by atoms with E-state index in [-0.39, 0.29) is 0 Å². The number of halogens is 1. The summed E-state index contributed by atoms with van der Waals surface area (Å²) < 4.78 is 2.16. The van der Waals surface area contributed by atoms with Gasteiger partial charge in [0, 0.05) is 12.4 Å². The van der Waals surface area contributed by atoms with E-state index < -0.39 is 0 Å². The standard InChI is InChI=1S/C11H13ClN2/c1-9(6-12)7-14-8-13-10-4-2-3-5-11(10)14/h2-5,8-9H,6-7H2,1H3. The number of imidazole rings is 1. The van der Waals surface area contributed by atoms with Crippen LogP contribution in [-0.2, 0) is 6.54 Å². The highest BCUT2D eigenvalue weighted by Gasteiger charge is 2.05. The topological polar surface area (TPSA) is 17.8 Å². The average Bonchev–Trinajstić information content (AvgIpc) is 2.62. The minimum atomic E-state index is 0.481. The largest absolute Gasteiger partial charge is 0.330 e. The van der Waals surface area contributed by atoms with Crippen molar-refractivity contribution < 1.29 is 0 Å². The van der Waals surface area contributed by atoms with Crippen molar-refractivity contribution in [3.63, 3.8) is 0 Å². The Labute approximate surface area is 88.5 Å². The van der Waals surface area contributed by atoms with Crippen molar-refractivity contribution in [2.75, 3.05) is 5.88 Å². The Balaban J connectivity index is 2.33. The van der Waals surface area contributed by atoms with Crippen molar-refractivity contribution in [3.8, 4) is 0 Å². The van der Waals surface area contributed by atoms with Gasteiger partial charge in [0.2, 0.25) is 0 Å². The zero-order valence-corrected chi connectivity index (χ0v) is 8.91. The monoisotopic (exact) mass is 208 g/mol. The first-order chi connectivity index (χ1) is 6.81. The summed E-state index contributed by atoms with van der Waals surface area (Å²) >= 11 is 5.79. The summed E-state index contributed by atoms with van der Waals surface area (Å²) in [5.41, 5.74) is 2.23. The molecule has 0 aliphatic heterocycles. The lowest BCUT2D eigenvalue weighted by atomic mass is 10.2. The predicted octanol–water partition coefficient (Wildman–Crippen LogP) is 2.91. The van der Waals surface area contributed by atoms with Gasteiger partial charge in [0.25, 0.3) is 0 Å². The molecule has 1 heterocycles. The number of benzene rings is 1. The third-order valence-electron chi connectivity index (χ3n) is 2.30. The van der Waals surface area contributed by atoms with Crippen molar-refractivity contribution in [2.24, 2.45) is 5.92 Å². The van der Waals surface area contributed by atoms with Crippen LogP contribution in [0, 0.1) is 5.92 Å². The fourth-order valence-electron chi connectivity index (χ4n) is 1.54. The maximum absolute atomic E-state index is 5.79. The molecule has 3 heteroatoms. The zero-order valence-electron chi connectivity index (χ0n) is 8.15. The van der Waals surface area contributed by atoms with Gasteiger partial charge in [0.15, 0.2) is 0 Å². The quantitative estimate of drug-likeness (QED) is 0.710. The Bertz CT molecular complexity index is 422. The molecule has 74 valence electrons. The minimum Gasteiger partial charge on any atom is -0.330 e. The SMILES string of the molecule is CC(CCl)Cn1cnc2ccccc21. The molecular formula is C11H13ClN2. The molecule has 2 nitrogen and oxygen atoms in total. The van der Waals surface area contributed by atoms with E-state index in [1.807, 2.05) is 24.5 Å². The molecule has 1 atom stereocenters. The first-order valence-corrected chi connectivity index (χ1v) is 5.30. The molecule has 0 aliphatic carbocycles. The minimum absolute atomic E-state index is 0.481. The van der Waals surface area contributed by atoms with Gasteiger partial charge >= 0.3 is 0 Å². The second-order valence-electron chi connectivity index (χ2n) is 3.65. The van der Waals surface area contributed by atoms with E-state index in [0.717, 1.165) is 12.1 Å². The molecule has 0 saturated carbocycles. The van der Waals surface area contributed by atoms with E-state index in [9.17, 15) is 0 Å². The van der Waals surface area contributed by atoms with Crippen LogP contribution in [0.25, 0.3) is 11.0 Å². The van der Waals surface area contributed by atoms with Crippen LogP contribution in [0.4, 0.5) is 0 Å². The van der Waals surface area contributed by atoms with E-state index in [4.69, 9.17) is 11.6 Å². The lowest BCUT2D eigenvalue weighted by Crippen LogP contribution is -2.07. The summed E-state index contributed by atoms with van der Waals surface area (Å²) in [7, 11) is 0. The molecule has 0 saturated heterocycles. The molecule has 0 bridgehead atoms. The van der Waals surface area contributed by atoms with Gasteiger partial charge in [-0.3, -0.25) is 0 Å². The van der Waals surface area contributed by atoms with E-state index in [0.29, 0.717) is 11.8 Å². The molecule has 2 aromatic rings. The molecule has 0 radical (unpaired) electrons. The van der Waals surface area contributed by atoms with E-state index in [1.54, 1.807) is 0 Å². The van der Waals surface area contributed by atoms with Gasteiger partial charge in [-0.25, -0.2) is 4.98 Å². The lowest BCUT2D eigenvalue weighted by molar-refractivity contribution is 0.538. The Morgan fingerprint density at radius 1 is 1.43 bits per heavy atom. The molecule has 0 aliphatic rings. The maximum Gasteiger partial charge on any atom is 0.0958 e. The Morgan fingerprint density at radius 3 is 3.00 bits per heavy atom. The van der Waals surface area contributed by atoms with Gasteiger partial charge in [0.05, 0.1) is 17.4 Å². The molecule has 14 heavy (non-hydrogen) atoms. The normalized spacial score (nSPS) is 13.3. The van der Waals surface area contributed by atoms with Crippen molar-refractivity contribution in [1.82, 2.24) is 9.55 Å². The maximum atomic E-state index is 5.79. The third-order valence-corrected chi connectivity index (χ3v) is 2.83. The summed E-state index contributed by atoms with van der Waals surface area (Å²) in [6.45, 7) is 3.08. The van der Waals surface area contributed by atoms with Crippen LogP contribution in [0.3, 0.4) is 0 Å². The number of nitrogens with zero attached hydrogens (tertiary/aromatic N) is 2. The van der Waals surface area contributed by atoms with Crippen molar-refractivity contribution >= 4 is 22.6 Å². The van der Waals surface area contributed by atoms with Crippen LogP contribution in [0.15, 0.2) is 30.6 Å². The molecule has 0 N–H and O–H groups in total. The number of hydrogen-bond donors (Lipinski definition) is 0. The molecule has 1 unspecified atom stereocenters. The summed E-state index contributed by atoms with van der Waals surface area (Å²) in [4.78, 5) is 4.33. The van der Waals surface area contributed by atoms with Crippen LogP contribution in [0.5, 0.6) is 0 Å². The number of hydrogen-bond acceptors (Lipinski definition) is 1. The van der Waals surface area contributed by atoms with Crippen LogP contribution >= 0.6 is 11.6 Å². The zero-order chi connectivity index (χ0) is 9.97. The number of aromatic nitrogens is 2. The third kappa shape index (κ3) is 1.75. The van der Waals surface area contributed by atoms with Gasteiger partial charge in [-0.1, -0.05) is 19.1 Å². The highest BCUT2D eigenvalue weighted by molar-refractivity contribution is 6.18. The van der Waals surface area contributed by atoms with Gasteiger partial charge < -0.3 is 4.57 Å². The lowest BCUT2D eigenvalue weighted by Gasteiger charge is -2.08. The predicted molar refractivity (Wildman–Crippen MR) is 59.6 cm³/mol. The van der Waals surface area contributed by atoms with E-state index in [1.165, 1.54) is 5.52 Å². The molecule has 1 aromatic carbocycles. The van der Waals surface area contributed by atoms with Gasteiger partial charge in [-0.2, -0.15) is 0 Å². The molecular weight excluding hydrogens is 196 g/mol.